The van der Waals surface area contributed by atoms with E-state index in [2.05, 4.69) is 4.18 Å². The van der Waals surface area contributed by atoms with Crippen LogP contribution in [0.25, 0.3) is 0 Å². The summed E-state index contributed by atoms with van der Waals surface area (Å²) < 4.78 is 37.5. The van der Waals surface area contributed by atoms with Crippen molar-refractivity contribution in [3.63, 3.8) is 0 Å². The molecule has 0 bridgehead atoms. The van der Waals surface area contributed by atoms with E-state index in [1.807, 2.05) is 0 Å². The van der Waals surface area contributed by atoms with Gasteiger partial charge in [-0.2, -0.15) is 0 Å². The molecular weight excluding hydrogens is 178 g/mol. The van der Waals surface area contributed by atoms with Crippen molar-refractivity contribution >= 4 is 17.0 Å². The summed E-state index contributed by atoms with van der Waals surface area (Å²) in [6.07, 6.45) is -3.02. The van der Waals surface area contributed by atoms with Crippen LogP contribution in [0, 0.1) is 0 Å². The molecule has 0 aromatic carbocycles. The third-order valence-corrected chi connectivity index (χ3v) is 1.70. The average Bonchev–Trinajstić information content (AvgIpc) is 1.82. The second kappa shape index (κ2) is 5.17. The Morgan fingerprint density at radius 2 is 2.18 bits per heavy atom. The summed E-state index contributed by atoms with van der Waals surface area (Å²) in [6, 6.07) is 0. The highest BCUT2D eigenvalue weighted by Crippen LogP contribution is 2.00. The lowest BCUT2D eigenvalue weighted by molar-refractivity contribution is -0.131. The predicted octanol–water partition coefficient (Wildman–Crippen LogP) is 0.868. The van der Waals surface area contributed by atoms with Gasteiger partial charge in [-0.3, -0.25) is 4.79 Å². The van der Waals surface area contributed by atoms with E-state index in [0.29, 0.717) is 0 Å². The number of alkyl halides is 2. The Morgan fingerprint density at radius 3 is 2.55 bits per heavy atom. The molecule has 66 valence electrons. The molecule has 0 heterocycles. The fourth-order valence-corrected chi connectivity index (χ4v) is 1.07. The smallest absolute Gasteiger partial charge is 0.316 e. The van der Waals surface area contributed by atoms with Crippen molar-refractivity contribution < 1.29 is 22.0 Å². The summed E-state index contributed by atoms with van der Waals surface area (Å²) in [6.45, 7) is 1.07. The summed E-state index contributed by atoms with van der Waals surface area (Å²) in [5.74, 6) is -1.03. The number of hydrogen-bond donors (Lipinski definition) is 0. The maximum Gasteiger partial charge on any atom is 0.316 e. The molecule has 1 atom stereocenters. The zero-order valence-electron chi connectivity index (χ0n) is 5.88. The van der Waals surface area contributed by atoms with Gasteiger partial charge in [0, 0.05) is 13.3 Å². The van der Waals surface area contributed by atoms with Gasteiger partial charge in [0.25, 0.3) is 0 Å². The zero-order chi connectivity index (χ0) is 8.85. The van der Waals surface area contributed by atoms with E-state index in [-0.39, 0.29) is 5.75 Å². The van der Waals surface area contributed by atoms with E-state index in [9.17, 15) is 17.8 Å². The van der Waals surface area contributed by atoms with Crippen molar-refractivity contribution in [2.75, 3.05) is 5.75 Å². The first-order valence-corrected chi connectivity index (χ1v) is 4.12. The van der Waals surface area contributed by atoms with Gasteiger partial charge in [-0.05, 0) is 0 Å². The van der Waals surface area contributed by atoms with Crippen LogP contribution in [-0.2, 0) is 20.1 Å². The van der Waals surface area contributed by atoms with Gasteiger partial charge >= 0.3 is 5.97 Å². The molecule has 1 unspecified atom stereocenters. The summed E-state index contributed by atoms with van der Waals surface area (Å²) in [5.41, 5.74) is 0. The van der Waals surface area contributed by atoms with Gasteiger partial charge in [-0.1, -0.05) is 0 Å². The monoisotopic (exact) mass is 186 g/mol. The first-order valence-electron chi connectivity index (χ1n) is 2.87. The Balaban J connectivity index is 3.46. The second-order valence-corrected chi connectivity index (χ2v) is 2.94. The quantitative estimate of drug-likeness (QED) is 0.654. The van der Waals surface area contributed by atoms with Crippen molar-refractivity contribution in [1.29, 1.82) is 0 Å². The lowest BCUT2D eigenvalue weighted by atomic mass is 10.5. The van der Waals surface area contributed by atoms with Gasteiger partial charge in [0.2, 0.25) is 17.5 Å². The predicted molar refractivity (Wildman–Crippen MR) is 35.4 cm³/mol. The fourth-order valence-electron chi connectivity index (χ4n) is 0.358. The number of halogens is 2. The van der Waals surface area contributed by atoms with Crippen molar-refractivity contribution in [1.82, 2.24) is 0 Å². The normalized spacial score (nSPS) is 13.1. The molecule has 0 aliphatic carbocycles. The number of carbonyl (C=O) groups is 1. The molecule has 0 spiro atoms. The molecule has 0 N–H and O–H groups in total. The molecule has 0 aromatic heterocycles. The molecule has 11 heavy (non-hydrogen) atoms. The van der Waals surface area contributed by atoms with Crippen LogP contribution in [0.4, 0.5) is 8.78 Å². The van der Waals surface area contributed by atoms with Crippen molar-refractivity contribution in [3.8, 4) is 0 Å². The van der Waals surface area contributed by atoms with Crippen LogP contribution in [0.3, 0.4) is 0 Å². The average molecular weight is 186 g/mol. The summed E-state index contributed by atoms with van der Waals surface area (Å²) in [5, 5.41) is 0. The Bertz CT molecular complexity index is 160. The Morgan fingerprint density at radius 1 is 1.64 bits per heavy atom. The maximum absolute atomic E-state index is 11.5. The van der Waals surface area contributed by atoms with E-state index in [4.69, 9.17) is 0 Å². The van der Waals surface area contributed by atoms with E-state index < -0.39 is 29.9 Å². The fraction of sp³-hybridized carbons (Fsp3) is 0.800. The van der Waals surface area contributed by atoms with Gasteiger partial charge < -0.3 is 4.18 Å². The lowest BCUT2D eigenvalue weighted by Gasteiger charge is -1.99. The van der Waals surface area contributed by atoms with Crippen LogP contribution in [0.1, 0.15) is 13.3 Å². The molecule has 0 saturated carbocycles. The van der Waals surface area contributed by atoms with Crippen molar-refractivity contribution in [2.45, 2.75) is 19.8 Å². The third kappa shape index (κ3) is 7.38. The Kier molecular flexibility index (Phi) is 4.93. The molecule has 3 nitrogen and oxygen atoms in total. The molecule has 0 amide bonds. The Labute approximate surface area is 65.4 Å². The molecule has 0 saturated heterocycles. The van der Waals surface area contributed by atoms with Gasteiger partial charge in [-0.15, -0.1) is 0 Å². The van der Waals surface area contributed by atoms with Gasteiger partial charge in [-0.25, -0.2) is 13.0 Å². The molecule has 0 fully saturated rings. The SMILES string of the molecule is CC(=O)OS(=O)CCC(F)F. The lowest BCUT2D eigenvalue weighted by Crippen LogP contribution is -2.08. The van der Waals surface area contributed by atoms with Crippen LogP contribution in [0.5, 0.6) is 0 Å². The minimum atomic E-state index is -2.51. The van der Waals surface area contributed by atoms with Crippen LogP contribution < -0.4 is 0 Å². The van der Waals surface area contributed by atoms with E-state index in [1.54, 1.807) is 0 Å². The highest BCUT2D eigenvalue weighted by atomic mass is 32.2. The highest BCUT2D eigenvalue weighted by Gasteiger charge is 2.08. The van der Waals surface area contributed by atoms with E-state index in [0.717, 1.165) is 6.92 Å². The van der Waals surface area contributed by atoms with Crippen LogP contribution in [0.15, 0.2) is 0 Å². The van der Waals surface area contributed by atoms with E-state index >= 15 is 0 Å². The second-order valence-electron chi connectivity index (χ2n) is 1.76. The summed E-state index contributed by atoms with van der Waals surface area (Å²) >= 11 is -1.90. The number of hydrogen-bond acceptors (Lipinski definition) is 3. The van der Waals surface area contributed by atoms with Gasteiger partial charge in [0.05, 0.1) is 5.75 Å². The third-order valence-electron chi connectivity index (χ3n) is 0.713. The van der Waals surface area contributed by atoms with Gasteiger partial charge in [0.15, 0.2) is 0 Å². The van der Waals surface area contributed by atoms with Crippen molar-refractivity contribution in [3.05, 3.63) is 0 Å². The first kappa shape index (κ1) is 10.5. The molecule has 0 radical (unpaired) electrons. The van der Waals surface area contributed by atoms with Crippen LogP contribution >= 0.6 is 0 Å². The number of carbonyl (C=O) groups excluding carboxylic acids is 1. The highest BCUT2D eigenvalue weighted by molar-refractivity contribution is 7.80. The molecule has 0 aliphatic heterocycles. The van der Waals surface area contributed by atoms with E-state index in [1.165, 1.54) is 0 Å². The summed E-state index contributed by atoms with van der Waals surface area (Å²) in [4.78, 5) is 10.1. The molecular formula is C5H8F2O3S. The van der Waals surface area contributed by atoms with Crippen LogP contribution in [0.2, 0.25) is 0 Å². The topological polar surface area (TPSA) is 43.4 Å². The minimum absolute atomic E-state index is 0.308. The number of rotatable bonds is 4. The maximum atomic E-state index is 11.5. The standard InChI is InChI=1S/C5H8F2O3S/c1-4(8)10-11(9)3-2-5(6)7/h5H,2-3H2,1H3. The molecule has 0 aliphatic rings. The molecule has 0 aromatic rings. The first-order chi connectivity index (χ1) is 5.02. The van der Waals surface area contributed by atoms with Crippen LogP contribution in [-0.4, -0.2) is 22.4 Å². The van der Waals surface area contributed by atoms with Crippen molar-refractivity contribution in [2.24, 2.45) is 0 Å². The zero-order valence-corrected chi connectivity index (χ0v) is 6.70. The Hall–Kier alpha value is -0.520. The largest absolute Gasteiger partial charge is 0.364 e. The van der Waals surface area contributed by atoms with Gasteiger partial charge in [0.1, 0.15) is 0 Å². The molecule has 0 rings (SSSR count). The minimum Gasteiger partial charge on any atom is -0.364 e. The molecule has 6 heteroatoms. The summed E-state index contributed by atoms with van der Waals surface area (Å²) in [7, 11) is 0.